The number of nitrogens with one attached hydrogen (secondary N) is 1. The smallest absolute Gasteiger partial charge is 0.0182 e. The second-order valence-electron chi connectivity index (χ2n) is 6.12. The third kappa shape index (κ3) is 3.45. The molecule has 2 atom stereocenters. The Bertz CT molecular complexity index is 221. The minimum Gasteiger partial charge on any atom is -0.311 e. The molecule has 0 aliphatic carbocycles. The summed E-state index contributed by atoms with van der Waals surface area (Å²) >= 11 is 0. The fourth-order valence-electron chi connectivity index (χ4n) is 3.81. The molecule has 2 unspecified atom stereocenters. The standard InChI is InChI=1S/C15H30N2/c1-3-15(9-5-6-10-16-15)12-14-8-7-11-17(4-2)13-14/h14,16H,3-13H2,1-2H3. The number of likely N-dealkylation sites (tertiary alicyclic amines) is 1. The highest BCUT2D eigenvalue weighted by Gasteiger charge is 2.33. The Balaban J connectivity index is 1.88. The third-order valence-corrected chi connectivity index (χ3v) is 4.99. The van der Waals surface area contributed by atoms with Crippen LogP contribution in [0, 0.1) is 5.92 Å². The molecule has 1 N–H and O–H groups in total. The van der Waals surface area contributed by atoms with Crippen molar-refractivity contribution in [1.29, 1.82) is 0 Å². The van der Waals surface area contributed by atoms with E-state index < -0.39 is 0 Å². The van der Waals surface area contributed by atoms with Crippen LogP contribution in [0.25, 0.3) is 0 Å². The van der Waals surface area contributed by atoms with Crippen LogP contribution < -0.4 is 5.32 Å². The average molecular weight is 238 g/mol. The lowest BCUT2D eigenvalue weighted by Crippen LogP contribution is -2.51. The van der Waals surface area contributed by atoms with Gasteiger partial charge in [0.15, 0.2) is 0 Å². The van der Waals surface area contributed by atoms with E-state index >= 15 is 0 Å². The van der Waals surface area contributed by atoms with Crippen molar-refractivity contribution in [3.05, 3.63) is 0 Å². The van der Waals surface area contributed by atoms with E-state index in [9.17, 15) is 0 Å². The van der Waals surface area contributed by atoms with Gasteiger partial charge in [0.25, 0.3) is 0 Å². The van der Waals surface area contributed by atoms with Crippen LogP contribution in [0.4, 0.5) is 0 Å². The van der Waals surface area contributed by atoms with Gasteiger partial charge in [-0.3, -0.25) is 0 Å². The van der Waals surface area contributed by atoms with Gasteiger partial charge in [0.05, 0.1) is 0 Å². The summed E-state index contributed by atoms with van der Waals surface area (Å²) in [5, 5.41) is 3.84. The first-order valence-corrected chi connectivity index (χ1v) is 7.75. The molecule has 0 saturated carbocycles. The molecular formula is C15H30N2. The van der Waals surface area contributed by atoms with Gasteiger partial charge in [-0.1, -0.05) is 20.3 Å². The third-order valence-electron chi connectivity index (χ3n) is 4.99. The molecule has 0 amide bonds. The van der Waals surface area contributed by atoms with Gasteiger partial charge in [0.2, 0.25) is 0 Å². The molecule has 2 nitrogen and oxygen atoms in total. The molecule has 2 heteroatoms. The summed E-state index contributed by atoms with van der Waals surface area (Å²) in [7, 11) is 0. The molecular weight excluding hydrogens is 208 g/mol. The fourth-order valence-corrected chi connectivity index (χ4v) is 3.81. The highest BCUT2D eigenvalue weighted by atomic mass is 15.1. The summed E-state index contributed by atoms with van der Waals surface area (Å²) in [6.45, 7) is 9.84. The molecule has 0 bridgehead atoms. The maximum atomic E-state index is 3.84. The minimum atomic E-state index is 0.486. The zero-order chi connectivity index (χ0) is 12.1. The van der Waals surface area contributed by atoms with E-state index in [0.29, 0.717) is 5.54 Å². The van der Waals surface area contributed by atoms with Crippen LogP contribution in [0.5, 0.6) is 0 Å². The SMILES string of the molecule is CCN1CCCC(CC2(CC)CCCCN2)C1. The van der Waals surface area contributed by atoms with Crippen LogP contribution in [-0.4, -0.2) is 36.6 Å². The van der Waals surface area contributed by atoms with E-state index in [1.54, 1.807) is 0 Å². The highest BCUT2D eigenvalue weighted by Crippen LogP contribution is 2.33. The van der Waals surface area contributed by atoms with Crippen LogP contribution in [-0.2, 0) is 0 Å². The number of hydrogen-bond acceptors (Lipinski definition) is 2. The van der Waals surface area contributed by atoms with E-state index in [1.165, 1.54) is 71.1 Å². The molecule has 100 valence electrons. The number of nitrogens with zero attached hydrogens (tertiary/aromatic N) is 1. The van der Waals surface area contributed by atoms with Gasteiger partial charge in [-0.25, -0.2) is 0 Å². The Labute approximate surface area is 107 Å². The maximum Gasteiger partial charge on any atom is 0.0182 e. The van der Waals surface area contributed by atoms with Crippen LogP contribution in [0.15, 0.2) is 0 Å². The quantitative estimate of drug-likeness (QED) is 0.810. The molecule has 0 aromatic rings. The first-order valence-electron chi connectivity index (χ1n) is 7.75. The van der Waals surface area contributed by atoms with Gasteiger partial charge in [-0.05, 0) is 64.1 Å². The topological polar surface area (TPSA) is 15.3 Å². The molecule has 0 aromatic heterocycles. The average Bonchev–Trinajstić information content (AvgIpc) is 2.40. The van der Waals surface area contributed by atoms with Crippen molar-refractivity contribution in [1.82, 2.24) is 10.2 Å². The molecule has 2 fully saturated rings. The predicted molar refractivity (Wildman–Crippen MR) is 74.3 cm³/mol. The monoisotopic (exact) mass is 238 g/mol. The van der Waals surface area contributed by atoms with Crippen LogP contribution in [0.3, 0.4) is 0 Å². The normalized spacial score (nSPS) is 36.0. The lowest BCUT2D eigenvalue weighted by Gasteiger charge is -2.43. The van der Waals surface area contributed by atoms with Crippen LogP contribution >= 0.6 is 0 Å². The van der Waals surface area contributed by atoms with Crippen molar-refractivity contribution in [2.45, 2.75) is 64.3 Å². The molecule has 0 radical (unpaired) electrons. The van der Waals surface area contributed by atoms with E-state index in [-0.39, 0.29) is 0 Å². The molecule has 2 heterocycles. The maximum absolute atomic E-state index is 3.84. The molecule has 2 rings (SSSR count). The Morgan fingerprint density at radius 3 is 2.76 bits per heavy atom. The summed E-state index contributed by atoms with van der Waals surface area (Å²) in [6.07, 6.45) is 9.83. The Kier molecular flexibility index (Phi) is 4.87. The molecule has 0 aromatic carbocycles. The van der Waals surface area contributed by atoms with Gasteiger partial charge in [0, 0.05) is 12.1 Å². The summed E-state index contributed by atoms with van der Waals surface area (Å²) in [6, 6.07) is 0. The fraction of sp³-hybridized carbons (Fsp3) is 1.00. The zero-order valence-electron chi connectivity index (χ0n) is 11.8. The molecule has 2 aliphatic rings. The summed E-state index contributed by atoms with van der Waals surface area (Å²) in [5.41, 5.74) is 0.486. The largest absolute Gasteiger partial charge is 0.311 e. The van der Waals surface area contributed by atoms with E-state index in [0.717, 1.165) is 5.92 Å². The van der Waals surface area contributed by atoms with E-state index in [4.69, 9.17) is 0 Å². The first-order chi connectivity index (χ1) is 8.28. The van der Waals surface area contributed by atoms with Crippen molar-refractivity contribution in [3.8, 4) is 0 Å². The highest BCUT2D eigenvalue weighted by molar-refractivity contribution is 4.92. The lowest BCUT2D eigenvalue weighted by atomic mass is 9.77. The number of piperidine rings is 2. The zero-order valence-corrected chi connectivity index (χ0v) is 11.8. The van der Waals surface area contributed by atoms with Gasteiger partial charge in [0.1, 0.15) is 0 Å². The Hall–Kier alpha value is -0.0800. The second-order valence-corrected chi connectivity index (χ2v) is 6.12. The van der Waals surface area contributed by atoms with E-state index in [2.05, 4.69) is 24.1 Å². The van der Waals surface area contributed by atoms with Crippen LogP contribution in [0.1, 0.15) is 58.8 Å². The molecule has 17 heavy (non-hydrogen) atoms. The summed E-state index contributed by atoms with van der Waals surface area (Å²) in [4.78, 5) is 2.64. The van der Waals surface area contributed by atoms with Gasteiger partial charge in [-0.2, -0.15) is 0 Å². The first kappa shape index (κ1) is 13.4. The second kappa shape index (κ2) is 6.19. The van der Waals surface area contributed by atoms with Gasteiger partial charge >= 0.3 is 0 Å². The van der Waals surface area contributed by atoms with Crippen molar-refractivity contribution in [2.24, 2.45) is 5.92 Å². The Morgan fingerprint density at radius 2 is 2.12 bits per heavy atom. The van der Waals surface area contributed by atoms with Crippen molar-refractivity contribution < 1.29 is 0 Å². The van der Waals surface area contributed by atoms with Gasteiger partial charge < -0.3 is 10.2 Å². The van der Waals surface area contributed by atoms with Crippen molar-refractivity contribution >= 4 is 0 Å². The molecule has 2 aliphatic heterocycles. The van der Waals surface area contributed by atoms with Crippen molar-refractivity contribution in [2.75, 3.05) is 26.2 Å². The summed E-state index contributed by atoms with van der Waals surface area (Å²) in [5.74, 6) is 0.939. The number of rotatable bonds is 4. The van der Waals surface area contributed by atoms with Crippen LogP contribution in [0.2, 0.25) is 0 Å². The molecule has 0 spiro atoms. The van der Waals surface area contributed by atoms with Gasteiger partial charge in [-0.15, -0.1) is 0 Å². The predicted octanol–water partition coefficient (Wildman–Crippen LogP) is 3.03. The summed E-state index contributed by atoms with van der Waals surface area (Å²) < 4.78 is 0. The number of hydrogen-bond donors (Lipinski definition) is 1. The van der Waals surface area contributed by atoms with E-state index in [1.807, 2.05) is 0 Å². The Morgan fingerprint density at radius 1 is 1.24 bits per heavy atom. The minimum absolute atomic E-state index is 0.486. The molecule has 2 saturated heterocycles. The lowest BCUT2D eigenvalue weighted by molar-refractivity contribution is 0.125. The van der Waals surface area contributed by atoms with Crippen molar-refractivity contribution in [3.63, 3.8) is 0 Å².